The minimum absolute atomic E-state index is 0.377. The molecular formula is C29H43N2O2SSn. The van der Waals surface area contributed by atoms with Crippen LogP contribution >= 0.6 is 11.3 Å². The van der Waals surface area contributed by atoms with Gasteiger partial charge in [0, 0.05) is 34.1 Å². The molecule has 0 aliphatic carbocycles. The molecule has 2 N–H and O–H groups in total. The minimum atomic E-state index is -0.902. The second-order valence-electron chi connectivity index (χ2n) is 9.17. The van der Waals surface area contributed by atoms with Gasteiger partial charge in [-0.15, -0.1) is 11.3 Å². The third-order valence-corrected chi connectivity index (χ3v) is 16.3. The molecule has 4 nitrogen and oxygen atoms in total. The van der Waals surface area contributed by atoms with Gasteiger partial charge < -0.3 is 10.1 Å². The number of aliphatic carboxylic acids is 1. The second-order valence-corrected chi connectivity index (χ2v) is 18.7. The second kappa shape index (κ2) is 17.0. The van der Waals surface area contributed by atoms with Gasteiger partial charge in [-0.3, -0.25) is 4.99 Å². The van der Waals surface area contributed by atoms with Crippen molar-refractivity contribution in [3.8, 4) is 0 Å². The van der Waals surface area contributed by atoms with Crippen molar-refractivity contribution in [3.63, 3.8) is 0 Å². The standard InChI is InChI=1S/C17H16N2O2S.3C4H9.Sn/c1-11(16-7-4-8-22-16)19-15(17(20)21)9-12-10-18-14-6-3-2-5-13(12)14;3*1-3-4-2;/h2-8,10,15,18H,9H2,1H3,(H,20,21);3*1,3-4H2,2H3;. The molecule has 35 heavy (non-hydrogen) atoms. The van der Waals surface area contributed by atoms with Crippen molar-refractivity contribution < 1.29 is 9.90 Å². The van der Waals surface area contributed by atoms with E-state index in [1.165, 1.54) is 38.5 Å². The van der Waals surface area contributed by atoms with Crippen LogP contribution in [0.15, 0.2) is 53.0 Å². The van der Waals surface area contributed by atoms with Gasteiger partial charge in [-0.1, -0.05) is 24.3 Å². The van der Waals surface area contributed by atoms with Crippen LogP contribution in [0, 0.1) is 0 Å². The van der Waals surface area contributed by atoms with E-state index in [2.05, 4.69) is 30.7 Å². The first-order chi connectivity index (χ1) is 17.0. The van der Waals surface area contributed by atoms with Crippen molar-refractivity contribution in [2.45, 2.75) is 92.0 Å². The summed E-state index contributed by atoms with van der Waals surface area (Å²) in [5, 5.41) is 12.5. The van der Waals surface area contributed by atoms with E-state index >= 15 is 0 Å². The average Bonchev–Trinajstić information content (AvgIpc) is 3.54. The average molecular weight is 602 g/mol. The third kappa shape index (κ3) is 10.5. The Morgan fingerprint density at radius 2 is 1.63 bits per heavy atom. The Balaban J connectivity index is 0.000000287. The molecule has 0 fully saturated rings. The number of carboxylic acids is 1. The molecular weight excluding hydrogens is 559 g/mol. The van der Waals surface area contributed by atoms with Gasteiger partial charge in [-0.2, -0.15) is 0 Å². The quantitative estimate of drug-likeness (QED) is 0.143. The van der Waals surface area contributed by atoms with Gasteiger partial charge in [0.2, 0.25) is 0 Å². The molecule has 1 atom stereocenters. The van der Waals surface area contributed by atoms with Crippen molar-refractivity contribution in [2.75, 3.05) is 0 Å². The molecule has 3 aromatic rings. The van der Waals surface area contributed by atoms with E-state index in [1.54, 1.807) is 24.6 Å². The van der Waals surface area contributed by atoms with Gasteiger partial charge in [0.15, 0.2) is 6.04 Å². The zero-order valence-electron chi connectivity index (χ0n) is 22.0. The zero-order valence-corrected chi connectivity index (χ0v) is 25.6. The normalized spacial score (nSPS) is 12.5. The number of hydrogen-bond donors (Lipinski definition) is 2. The van der Waals surface area contributed by atoms with Crippen LogP contribution in [-0.2, 0) is 11.2 Å². The molecule has 0 spiro atoms. The number of hydrogen-bond acceptors (Lipinski definition) is 3. The van der Waals surface area contributed by atoms with E-state index in [0.29, 0.717) is 6.42 Å². The number of thiophene rings is 1. The van der Waals surface area contributed by atoms with Crippen molar-refractivity contribution in [1.29, 1.82) is 0 Å². The Hall–Kier alpha value is -1.60. The molecule has 1 unspecified atom stereocenters. The maximum atomic E-state index is 11.6. The van der Waals surface area contributed by atoms with Crippen LogP contribution in [0.2, 0.25) is 13.3 Å². The number of aliphatic imine (C=N–C) groups is 1. The van der Waals surface area contributed by atoms with Crippen molar-refractivity contribution in [1.82, 2.24) is 4.98 Å². The molecule has 1 aromatic carbocycles. The number of nitrogens with zero attached hydrogens (tertiary/aromatic N) is 1. The molecule has 2 aromatic heterocycles. The first-order valence-corrected chi connectivity index (χ1v) is 20.1. The molecule has 2 heterocycles. The van der Waals surface area contributed by atoms with E-state index in [1.807, 2.05) is 54.9 Å². The first kappa shape index (κ1) is 29.6. The number of aromatic nitrogens is 1. The van der Waals surface area contributed by atoms with E-state index in [4.69, 9.17) is 0 Å². The fourth-order valence-electron chi connectivity index (χ4n) is 4.13. The molecule has 1 radical (unpaired) electrons. The summed E-state index contributed by atoms with van der Waals surface area (Å²) in [4.78, 5) is 20.1. The Morgan fingerprint density at radius 3 is 2.17 bits per heavy atom. The number of carbonyl (C=O) groups is 1. The van der Waals surface area contributed by atoms with E-state index in [-0.39, 0.29) is 0 Å². The van der Waals surface area contributed by atoms with Crippen LogP contribution in [0.5, 0.6) is 0 Å². The summed E-state index contributed by atoms with van der Waals surface area (Å²) in [5.41, 5.74) is 2.76. The van der Waals surface area contributed by atoms with Gasteiger partial charge in [-0.25, -0.2) is 4.79 Å². The van der Waals surface area contributed by atoms with Crippen molar-refractivity contribution in [3.05, 3.63) is 58.4 Å². The molecule has 191 valence electrons. The Labute approximate surface area is 223 Å². The maximum absolute atomic E-state index is 11.6. The number of para-hydroxylation sites is 1. The predicted octanol–water partition coefficient (Wildman–Crippen LogP) is 8.62. The van der Waals surface area contributed by atoms with Gasteiger partial charge >= 0.3 is 98.3 Å². The molecule has 0 aliphatic heterocycles. The van der Waals surface area contributed by atoms with Crippen molar-refractivity contribution >= 4 is 53.7 Å². The molecule has 0 bridgehead atoms. The number of nitrogens with one attached hydrogen (secondary N) is 1. The molecule has 0 saturated carbocycles. The van der Waals surface area contributed by atoms with E-state index < -0.39 is 31.8 Å². The van der Waals surface area contributed by atoms with E-state index in [0.717, 1.165) is 27.1 Å². The van der Waals surface area contributed by atoms with Crippen LogP contribution < -0.4 is 0 Å². The van der Waals surface area contributed by atoms with Crippen LogP contribution in [-0.4, -0.2) is 47.6 Å². The number of H-pyrrole nitrogens is 1. The topological polar surface area (TPSA) is 65.5 Å². The summed E-state index contributed by atoms with van der Waals surface area (Å²) < 4.78 is 5.04. The van der Waals surface area contributed by atoms with Gasteiger partial charge in [0.05, 0.1) is 0 Å². The molecule has 3 rings (SSSR count). The number of unbranched alkanes of at least 4 members (excludes halogenated alkanes) is 3. The zero-order chi connectivity index (χ0) is 25.5. The summed E-state index contributed by atoms with van der Waals surface area (Å²) in [6.07, 6.45) is 11.1. The first-order valence-electron chi connectivity index (χ1n) is 13.2. The van der Waals surface area contributed by atoms with Crippen LogP contribution in [0.25, 0.3) is 10.9 Å². The van der Waals surface area contributed by atoms with Gasteiger partial charge in [0.25, 0.3) is 0 Å². The van der Waals surface area contributed by atoms with Crippen molar-refractivity contribution in [2.24, 2.45) is 4.99 Å². The van der Waals surface area contributed by atoms with Crippen LogP contribution in [0.4, 0.5) is 0 Å². The number of carboxylic acid groups (broad SMARTS) is 1. The van der Waals surface area contributed by atoms with E-state index in [9.17, 15) is 9.90 Å². The fourth-order valence-corrected chi connectivity index (χ4v) is 14.3. The Morgan fingerprint density at radius 1 is 1.00 bits per heavy atom. The monoisotopic (exact) mass is 603 g/mol. The summed E-state index contributed by atoms with van der Waals surface area (Å²) in [6, 6.07) is 11.0. The van der Waals surface area contributed by atoms with Gasteiger partial charge in [0.1, 0.15) is 0 Å². The summed E-state index contributed by atoms with van der Waals surface area (Å²) in [6.45, 7) is 8.86. The summed E-state index contributed by atoms with van der Waals surface area (Å²) in [7, 11) is 0. The molecule has 0 saturated heterocycles. The SMILES string of the molecule is CC(=NC(Cc1c[nH]c2ccccc12)C(=O)O)c1cccs1.CCC[CH2][Sn]([CH2]CCC)[CH2]CCC. The Bertz CT molecular complexity index is 994. The van der Waals surface area contributed by atoms with Gasteiger partial charge in [-0.05, 0) is 30.0 Å². The summed E-state index contributed by atoms with van der Waals surface area (Å²) in [5.74, 6) is -0.902. The number of fused-ring (bicyclic) bond motifs is 1. The number of aromatic amines is 1. The predicted molar refractivity (Wildman–Crippen MR) is 155 cm³/mol. The number of rotatable bonds is 14. The molecule has 0 amide bonds. The third-order valence-electron chi connectivity index (χ3n) is 6.25. The van der Waals surface area contributed by atoms with Crippen LogP contribution in [0.1, 0.15) is 76.7 Å². The number of benzene rings is 1. The fraction of sp³-hybridized carbons (Fsp3) is 0.517. The molecule has 0 aliphatic rings. The van der Waals surface area contributed by atoms with Crippen LogP contribution in [0.3, 0.4) is 0 Å². The summed E-state index contributed by atoms with van der Waals surface area (Å²) >= 11 is 0.726. The Kier molecular flexibility index (Phi) is 14.4. The molecule has 6 heteroatoms.